The Bertz CT molecular complexity index is 538. The molecule has 1 N–H and O–H groups in total. The molecular formula is C15H20ClN3O2. The molecule has 0 aromatic heterocycles. The van der Waals surface area contributed by atoms with Crippen molar-refractivity contribution in [3.63, 3.8) is 0 Å². The molecule has 5 nitrogen and oxygen atoms in total. The van der Waals surface area contributed by atoms with Crippen LogP contribution in [-0.4, -0.2) is 35.0 Å². The fraction of sp³-hybridized carbons (Fsp3) is 0.600. The summed E-state index contributed by atoms with van der Waals surface area (Å²) in [7, 11) is 0. The van der Waals surface area contributed by atoms with E-state index in [2.05, 4.69) is 10.2 Å². The number of nitro groups is 1. The number of nitrogens with one attached hydrogen (secondary N) is 1. The maximum atomic E-state index is 11.1. The molecule has 2 aliphatic heterocycles. The smallest absolute Gasteiger partial charge is 0.273 e. The highest BCUT2D eigenvalue weighted by atomic mass is 35.5. The third-order valence-corrected chi connectivity index (χ3v) is 4.88. The molecule has 1 aromatic rings. The Morgan fingerprint density at radius 1 is 1.33 bits per heavy atom. The largest absolute Gasteiger partial charge is 0.308 e. The van der Waals surface area contributed by atoms with Crippen molar-refractivity contribution in [2.45, 2.75) is 44.3 Å². The van der Waals surface area contributed by atoms with Gasteiger partial charge in [-0.3, -0.25) is 15.0 Å². The number of rotatable bonds is 4. The van der Waals surface area contributed by atoms with Gasteiger partial charge in [0.05, 0.1) is 4.92 Å². The Morgan fingerprint density at radius 3 is 3.00 bits per heavy atom. The fourth-order valence-corrected chi connectivity index (χ4v) is 3.79. The van der Waals surface area contributed by atoms with E-state index in [9.17, 15) is 10.1 Å². The molecular weight excluding hydrogens is 290 g/mol. The van der Waals surface area contributed by atoms with Gasteiger partial charge in [-0.1, -0.05) is 18.0 Å². The van der Waals surface area contributed by atoms with Gasteiger partial charge in [0.15, 0.2) is 0 Å². The molecule has 0 spiro atoms. The molecule has 0 aliphatic carbocycles. The SMILES string of the molecule is O=[N+]([O-])c1ccc(Cl)cc1CNC1CCN2CCCCC12. The molecule has 1 aromatic carbocycles. The quantitative estimate of drug-likeness (QED) is 0.686. The lowest BCUT2D eigenvalue weighted by Crippen LogP contribution is -2.44. The van der Waals surface area contributed by atoms with E-state index in [1.54, 1.807) is 12.1 Å². The molecule has 2 aliphatic rings. The lowest BCUT2D eigenvalue weighted by molar-refractivity contribution is -0.385. The van der Waals surface area contributed by atoms with Gasteiger partial charge in [-0.2, -0.15) is 0 Å². The van der Waals surface area contributed by atoms with E-state index in [1.165, 1.54) is 31.9 Å². The molecule has 0 radical (unpaired) electrons. The van der Waals surface area contributed by atoms with Gasteiger partial charge in [0.1, 0.15) is 0 Å². The monoisotopic (exact) mass is 309 g/mol. The molecule has 2 saturated heterocycles. The first-order valence-corrected chi connectivity index (χ1v) is 7.93. The molecule has 2 unspecified atom stereocenters. The van der Waals surface area contributed by atoms with Crippen LogP contribution in [0.2, 0.25) is 5.02 Å². The Hall–Kier alpha value is -1.17. The standard InChI is InChI=1S/C15H20ClN3O2/c16-12-4-5-14(19(20)21)11(9-12)10-17-13-6-8-18-7-2-1-3-15(13)18/h4-5,9,13,15,17H,1-3,6-8,10H2. The van der Waals surface area contributed by atoms with Crippen molar-refractivity contribution in [1.82, 2.24) is 10.2 Å². The van der Waals surface area contributed by atoms with E-state index in [0.717, 1.165) is 13.0 Å². The zero-order chi connectivity index (χ0) is 14.8. The summed E-state index contributed by atoms with van der Waals surface area (Å²) in [4.78, 5) is 13.3. The van der Waals surface area contributed by atoms with Gasteiger partial charge < -0.3 is 5.32 Å². The van der Waals surface area contributed by atoms with Gasteiger partial charge in [0, 0.05) is 41.8 Å². The summed E-state index contributed by atoms with van der Waals surface area (Å²) in [5.74, 6) is 0. The summed E-state index contributed by atoms with van der Waals surface area (Å²) in [5.41, 5.74) is 0.812. The van der Waals surface area contributed by atoms with Crippen LogP contribution in [0.25, 0.3) is 0 Å². The average molecular weight is 310 g/mol. The number of fused-ring (bicyclic) bond motifs is 1. The number of nitro benzene ring substituents is 1. The summed E-state index contributed by atoms with van der Waals surface area (Å²) in [6, 6.07) is 5.78. The van der Waals surface area contributed by atoms with E-state index in [0.29, 0.717) is 29.2 Å². The first kappa shape index (κ1) is 14.8. The number of piperidine rings is 1. The summed E-state index contributed by atoms with van der Waals surface area (Å²) in [5, 5.41) is 15.1. The van der Waals surface area contributed by atoms with Crippen LogP contribution in [0.5, 0.6) is 0 Å². The Morgan fingerprint density at radius 2 is 2.19 bits per heavy atom. The maximum Gasteiger partial charge on any atom is 0.273 e. The minimum atomic E-state index is -0.338. The predicted octanol–water partition coefficient (Wildman–Crippen LogP) is 2.96. The minimum Gasteiger partial charge on any atom is -0.308 e. The number of halogens is 1. The predicted molar refractivity (Wildman–Crippen MR) is 82.6 cm³/mol. The van der Waals surface area contributed by atoms with Gasteiger partial charge in [-0.15, -0.1) is 0 Å². The van der Waals surface area contributed by atoms with Crippen LogP contribution >= 0.6 is 11.6 Å². The highest BCUT2D eigenvalue weighted by Crippen LogP contribution is 2.28. The number of hydrogen-bond donors (Lipinski definition) is 1. The lowest BCUT2D eigenvalue weighted by atomic mass is 9.99. The van der Waals surface area contributed by atoms with Gasteiger partial charge in [-0.25, -0.2) is 0 Å². The second-order valence-electron chi connectivity index (χ2n) is 5.91. The average Bonchev–Trinajstić information content (AvgIpc) is 2.88. The van der Waals surface area contributed by atoms with Crippen LogP contribution in [0, 0.1) is 10.1 Å². The first-order valence-electron chi connectivity index (χ1n) is 7.55. The number of benzene rings is 1. The van der Waals surface area contributed by atoms with Crippen LogP contribution in [0.3, 0.4) is 0 Å². The fourth-order valence-electron chi connectivity index (χ4n) is 3.60. The number of nitrogens with zero attached hydrogens (tertiary/aromatic N) is 2. The van der Waals surface area contributed by atoms with E-state index in [1.807, 2.05) is 0 Å². The topological polar surface area (TPSA) is 58.4 Å². The lowest BCUT2D eigenvalue weighted by Gasteiger charge is -2.32. The zero-order valence-electron chi connectivity index (χ0n) is 11.9. The zero-order valence-corrected chi connectivity index (χ0v) is 12.7. The van der Waals surface area contributed by atoms with Crippen LogP contribution in [0.4, 0.5) is 5.69 Å². The molecule has 6 heteroatoms. The summed E-state index contributed by atoms with van der Waals surface area (Å²) < 4.78 is 0. The Kier molecular flexibility index (Phi) is 4.42. The van der Waals surface area contributed by atoms with Gasteiger partial charge in [0.25, 0.3) is 5.69 Å². The molecule has 2 heterocycles. The molecule has 2 atom stereocenters. The van der Waals surface area contributed by atoms with Gasteiger partial charge in [0.2, 0.25) is 0 Å². The molecule has 3 rings (SSSR count). The van der Waals surface area contributed by atoms with E-state index in [-0.39, 0.29) is 10.6 Å². The Balaban J connectivity index is 1.67. The highest BCUT2D eigenvalue weighted by Gasteiger charge is 2.35. The second kappa shape index (κ2) is 6.30. The van der Waals surface area contributed by atoms with Crippen LogP contribution < -0.4 is 5.32 Å². The van der Waals surface area contributed by atoms with Crippen molar-refractivity contribution in [3.8, 4) is 0 Å². The summed E-state index contributed by atoms with van der Waals surface area (Å²) >= 11 is 5.97. The van der Waals surface area contributed by atoms with Gasteiger partial charge in [-0.05, 0) is 37.9 Å². The van der Waals surface area contributed by atoms with Crippen molar-refractivity contribution in [2.75, 3.05) is 13.1 Å². The molecule has 0 saturated carbocycles. The molecule has 21 heavy (non-hydrogen) atoms. The Labute approximate surface area is 129 Å². The molecule has 2 fully saturated rings. The summed E-state index contributed by atoms with van der Waals surface area (Å²) in [6.45, 7) is 2.84. The van der Waals surface area contributed by atoms with Crippen LogP contribution in [-0.2, 0) is 6.54 Å². The van der Waals surface area contributed by atoms with Crippen molar-refractivity contribution >= 4 is 17.3 Å². The maximum absolute atomic E-state index is 11.1. The van der Waals surface area contributed by atoms with Crippen molar-refractivity contribution in [2.24, 2.45) is 0 Å². The van der Waals surface area contributed by atoms with Gasteiger partial charge >= 0.3 is 0 Å². The van der Waals surface area contributed by atoms with Crippen molar-refractivity contribution in [1.29, 1.82) is 0 Å². The van der Waals surface area contributed by atoms with E-state index in [4.69, 9.17) is 11.6 Å². The van der Waals surface area contributed by atoms with Crippen molar-refractivity contribution in [3.05, 3.63) is 38.9 Å². The van der Waals surface area contributed by atoms with Crippen molar-refractivity contribution < 1.29 is 4.92 Å². The third kappa shape index (κ3) is 3.20. The normalized spacial score (nSPS) is 25.8. The highest BCUT2D eigenvalue weighted by molar-refractivity contribution is 6.30. The van der Waals surface area contributed by atoms with Crippen LogP contribution in [0.15, 0.2) is 18.2 Å². The third-order valence-electron chi connectivity index (χ3n) is 4.65. The number of hydrogen-bond acceptors (Lipinski definition) is 4. The van der Waals surface area contributed by atoms with Crippen LogP contribution in [0.1, 0.15) is 31.2 Å². The molecule has 0 bridgehead atoms. The summed E-state index contributed by atoms with van der Waals surface area (Å²) in [6.07, 6.45) is 4.94. The molecule has 0 amide bonds. The second-order valence-corrected chi connectivity index (χ2v) is 6.34. The molecule has 114 valence electrons. The van der Waals surface area contributed by atoms with E-state index >= 15 is 0 Å². The minimum absolute atomic E-state index is 0.144. The first-order chi connectivity index (χ1) is 10.1. The van der Waals surface area contributed by atoms with E-state index < -0.39 is 0 Å².